The van der Waals surface area contributed by atoms with E-state index in [9.17, 15) is 9.59 Å². The third kappa shape index (κ3) is 2.44. The number of carbonyl (C=O) groups excluding carboxylic acids is 1. The molecule has 1 amide bonds. The van der Waals surface area contributed by atoms with E-state index < -0.39 is 0 Å². The van der Waals surface area contributed by atoms with Gasteiger partial charge < -0.3 is 14.9 Å². The van der Waals surface area contributed by atoms with E-state index in [1.807, 2.05) is 25.1 Å². The molecule has 0 fully saturated rings. The van der Waals surface area contributed by atoms with Crippen LogP contribution >= 0.6 is 0 Å². The fourth-order valence-electron chi connectivity index (χ4n) is 3.87. The smallest absolute Gasteiger partial charge is 0.259 e. The number of nitrogens with one attached hydrogen (secondary N) is 2. The first kappa shape index (κ1) is 15.8. The van der Waals surface area contributed by atoms with Crippen molar-refractivity contribution in [2.24, 2.45) is 0 Å². The van der Waals surface area contributed by atoms with Gasteiger partial charge in [-0.05, 0) is 25.1 Å². The summed E-state index contributed by atoms with van der Waals surface area (Å²) in [5.41, 5.74) is 4.62. The molecular weight excluding hydrogens is 340 g/mol. The third-order valence-electron chi connectivity index (χ3n) is 5.28. The lowest BCUT2D eigenvalue weighted by Crippen LogP contribution is -2.38. The molecule has 4 aromatic rings. The fraction of sp³-hybridized carbons (Fsp3) is 0.190. The average Bonchev–Trinajstić information content (AvgIpc) is 3.05. The lowest BCUT2D eigenvalue weighted by molar-refractivity contribution is 0.0733. The maximum absolute atomic E-state index is 13.1. The molecule has 0 bridgehead atoms. The largest absolute Gasteiger partial charge is 0.358 e. The van der Waals surface area contributed by atoms with Crippen molar-refractivity contribution in [1.82, 2.24) is 19.9 Å². The summed E-state index contributed by atoms with van der Waals surface area (Å²) in [5.74, 6) is -0.241. The SMILES string of the molecule is Cc1ccc2c(=O)c(C(=O)N3CCc4[nH]c5ccccc5c4C3)c[nH]c2n1. The van der Waals surface area contributed by atoms with E-state index in [1.165, 1.54) is 11.9 Å². The molecule has 6 heteroatoms. The molecule has 6 nitrogen and oxygen atoms in total. The molecular formula is C21H18N4O2. The number of pyridine rings is 2. The summed E-state index contributed by atoms with van der Waals surface area (Å²) < 4.78 is 0. The van der Waals surface area contributed by atoms with Gasteiger partial charge >= 0.3 is 0 Å². The summed E-state index contributed by atoms with van der Waals surface area (Å²) in [7, 11) is 0. The lowest BCUT2D eigenvalue weighted by Gasteiger charge is -2.27. The topological polar surface area (TPSA) is 81.9 Å². The second kappa shape index (κ2) is 5.81. The highest BCUT2D eigenvalue weighted by Gasteiger charge is 2.26. The van der Waals surface area contributed by atoms with Crippen LogP contribution in [0.2, 0.25) is 0 Å². The van der Waals surface area contributed by atoms with E-state index in [-0.39, 0.29) is 16.9 Å². The van der Waals surface area contributed by atoms with Crippen molar-refractivity contribution < 1.29 is 4.79 Å². The van der Waals surface area contributed by atoms with Gasteiger partial charge in [-0.1, -0.05) is 18.2 Å². The maximum Gasteiger partial charge on any atom is 0.259 e. The number of aromatic nitrogens is 3. The average molecular weight is 358 g/mol. The Kier molecular flexibility index (Phi) is 3.40. The van der Waals surface area contributed by atoms with Crippen molar-refractivity contribution in [2.75, 3.05) is 6.54 Å². The molecule has 1 aliphatic heterocycles. The van der Waals surface area contributed by atoms with Crippen LogP contribution in [0.15, 0.2) is 47.4 Å². The van der Waals surface area contributed by atoms with Gasteiger partial charge in [-0.15, -0.1) is 0 Å². The number of aryl methyl sites for hydroxylation is 1. The highest BCUT2D eigenvalue weighted by molar-refractivity contribution is 5.97. The van der Waals surface area contributed by atoms with E-state index >= 15 is 0 Å². The van der Waals surface area contributed by atoms with Crippen LogP contribution in [-0.2, 0) is 13.0 Å². The Morgan fingerprint density at radius 3 is 2.89 bits per heavy atom. The van der Waals surface area contributed by atoms with Crippen molar-refractivity contribution >= 4 is 27.8 Å². The van der Waals surface area contributed by atoms with Crippen LogP contribution in [0, 0.1) is 6.92 Å². The molecule has 4 heterocycles. The van der Waals surface area contributed by atoms with Gasteiger partial charge in [0.15, 0.2) is 0 Å². The molecule has 2 N–H and O–H groups in total. The second-order valence-electron chi connectivity index (χ2n) is 6.98. The van der Waals surface area contributed by atoms with Gasteiger partial charge in [0.2, 0.25) is 5.43 Å². The quantitative estimate of drug-likeness (QED) is 0.549. The van der Waals surface area contributed by atoms with Gasteiger partial charge in [-0.25, -0.2) is 4.98 Å². The van der Waals surface area contributed by atoms with E-state index in [4.69, 9.17) is 0 Å². The van der Waals surface area contributed by atoms with Crippen molar-refractivity contribution in [3.05, 3.63) is 75.3 Å². The number of hydrogen-bond donors (Lipinski definition) is 2. The number of benzene rings is 1. The zero-order valence-corrected chi connectivity index (χ0v) is 14.9. The minimum Gasteiger partial charge on any atom is -0.358 e. The van der Waals surface area contributed by atoms with E-state index in [1.54, 1.807) is 17.0 Å². The van der Waals surface area contributed by atoms with Gasteiger partial charge in [-0.3, -0.25) is 9.59 Å². The number of fused-ring (bicyclic) bond motifs is 4. The molecule has 5 rings (SSSR count). The van der Waals surface area contributed by atoms with E-state index in [0.717, 1.165) is 28.6 Å². The fourth-order valence-corrected chi connectivity index (χ4v) is 3.87. The normalized spacial score (nSPS) is 13.9. The van der Waals surface area contributed by atoms with Gasteiger partial charge in [0.25, 0.3) is 5.91 Å². The van der Waals surface area contributed by atoms with Crippen molar-refractivity contribution in [3.63, 3.8) is 0 Å². The zero-order chi connectivity index (χ0) is 18.5. The molecule has 0 saturated heterocycles. The summed E-state index contributed by atoms with van der Waals surface area (Å²) in [6.07, 6.45) is 2.24. The molecule has 27 heavy (non-hydrogen) atoms. The minimum atomic E-state index is -0.272. The molecule has 1 aromatic carbocycles. The number of rotatable bonds is 1. The van der Waals surface area contributed by atoms with Crippen molar-refractivity contribution in [1.29, 1.82) is 0 Å². The maximum atomic E-state index is 13.1. The van der Waals surface area contributed by atoms with Crippen LogP contribution in [0.1, 0.15) is 27.3 Å². The molecule has 0 aliphatic carbocycles. The van der Waals surface area contributed by atoms with Gasteiger partial charge in [0.05, 0.1) is 5.39 Å². The van der Waals surface area contributed by atoms with Crippen LogP contribution in [0.25, 0.3) is 21.9 Å². The Morgan fingerprint density at radius 2 is 2.00 bits per heavy atom. The Labute approximate surface area is 154 Å². The number of carbonyl (C=O) groups is 1. The van der Waals surface area contributed by atoms with Gasteiger partial charge in [-0.2, -0.15) is 0 Å². The van der Waals surface area contributed by atoms with E-state index in [2.05, 4.69) is 21.0 Å². The first-order chi connectivity index (χ1) is 13.1. The molecule has 0 atom stereocenters. The predicted octanol–water partition coefficient (Wildman–Crippen LogP) is 2.91. The van der Waals surface area contributed by atoms with Gasteiger partial charge in [0.1, 0.15) is 11.2 Å². The summed E-state index contributed by atoms with van der Waals surface area (Å²) in [6, 6.07) is 11.6. The number of nitrogens with zero attached hydrogens (tertiary/aromatic N) is 2. The van der Waals surface area contributed by atoms with Crippen LogP contribution in [0.4, 0.5) is 0 Å². The summed E-state index contributed by atoms with van der Waals surface area (Å²) in [4.78, 5) is 38.4. The molecule has 0 radical (unpaired) electrons. The third-order valence-corrected chi connectivity index (χ3v) is 5.28. The molecule has 0 unspecified atom stereocenters. The minimum absolute atomic E-state index is 0.163. The molecule has 134 valence electrons. The first-order valence-corrected chi connectivity index (χ1v) is 8.98. The highest BCUT2D eigenvalue weighted by atomic mass is 16.2. The highest BCUT2D eigenvalue weighted by Crippen LogP contribution is 2.28. The Morgan fingerprint density at radius 1 is 1.15 bits per heavy atom. The Bertz CT molecular complexity index is 1270. The number of hydrogen-bond acceptors (Lipinski definition) is 3. The molecule has 0 spiro atoms. The lowest BCUT2D eigenvalue weighted by atomic mass is 10.0. The predicted molar refractivity (Wildman–Crippen MR) is 104 cm³/mol. The van der Waals surface area contributed by atoms with Crippen LogP contribution in [-0.4, -0.2) is 32.3 Å². The van der Waals surface area contributed by atoms with Crippen LogP contribution < -0.4 is 5.43 Å². The first-order valence-electron chi connectivity index (χ1n) is 8.98. The zero-order valence-electron chi connectivity index (χ0n) is 14.9. The number of amides is 1. The van der Waals surface area contributed by atoms with Crippen molar-refractivity contribution in [2.45, 2.75) is 19.9 Å². The number of H-pyrrole nitrogens is 2. The monoisotopic (exact) mass is 358 g/mol. The Hall–Kier alpha value is -3.41. The molecule has 1 aliphatic rings. The van der Waals surface area contributed by atoms with Crippen LogP contribution in [0.5, 0.6) is 0 Å². The van der Waals surface area contributed by atoms with Crippen molar-refractivity contribution in [3.8, 4) is 0 Å². The summed E-state index contributed by atoms with van der Waals surface area (Å²) in [6.45, 7) is 2.95. The van der Waals surface area contributed by atoms with E-state index in [0.29, 0.717) is 24.1 Å². The molecule has 3 aromatic heterocycles. The number of para-hydroxylation sites is 1. The molecule has 0 saturated carbocycles. The summed E-state index contributed by atoms with van der Waals surface area (Å²) in [5, 5.41) is 1.58. The van der Waals surface area contributed by atoms with Crippen LogP contribution in [0.3, 0.4) is 0 Å². The standard InChI is InChI=1S/C21H18N4O2/c1-12-6-7-14-19(26)15(10-22-20(14)23-12)21(27)25-9-8-18-16(11-25)13-4-2-3-5-17(13)24-18/h2-7,10,24H,8-9,11H2,1H3,(H,22,23,26). The summed E-state index contributed by atoms with van der Waals surface area (Å²) >= 11 is 0. The Balaban J connectivity index is 1.53. The van der Waals surface area contributed by atoms with Gasteiger partial charge in [0, 0.05) is 53.6 Å². The number of aromatic amines is 2. The second-order valence-corrected chi connectivity index (χ2v) is 6.98.